The molecule has 1 saturated heterocycles. The number of aromatic amines is 1. The predicted molar refractivity (Wildman–Crippen MR) is 123 cm³/mol. The maximum atomic E-state index is 12.8. The highest BCUT2D eigenvalue weighted by atomic mass is 32.1. The fraction of sp³-hybridized carbons (Fsp3) is 0.435. The quantitative estimate of drug-likeness (QED) is 0.650. The van der Waals surface area contributed by atoms with Crippen LogP contribution >= 0.6 is 11.3 Å². The number of aryl methyl sites for hydroxylation is 1. The number of aromatic nitrogens is 2. The van der Waals surface area contributed by atoms with Crippen molar-refractivity contribution < 1.29 is 4.79 Å². The van der Waals surface area contributed by atoms with E-state index in [-0.39, 0.29) is 17.4 Å². The molecule has 7 heteroatoms. The number of rotatable bonds is 5. The van der Waals surface area contributed by atoms with Gasteiger partial charge in [0.1, 0.15) is 4.70 Å². The van der Waals surface area contributed by atoms with Gasteiger partial charge >= 0.3 is 0 Å². The Balaban J connectivity index is 1.64. The van der Waals surface area contributed by atoms with Crippen molar-refractivity contribution in [3.63, 3.8) is 0 Å². The highest BCUT2D eigenvalue weighted by Crippen LogP contribution is 2.33. The number of hydrogen-bond donors (Lipinski definition) is 2. The van der Waals surface area contributed by atoms with E-state index in [1.54, 1.807) is 0 Å². The number of piperidine rings is 1. The number of fused-ring (bicyclic) bond motifs is 1. The van der Waals surface area contributed by atoms with Crippen LogP contribution in [0.15, 0.2) is 34.4 Å². The number of carbonyl (C=O) groups excluding carboxylic acids is 1. The van der Waals surface area contributed by atoms with E-state index in [0.29, 0.717) is 29.7 Å². The molecule has 3 heterocycles. The lowest BCUT2D eigenvalue weighted by Crippen LogP contribution is -2.44. The molecule has 2 aromatic heterocycles. The highest BCUT2D eigenvalue weighted by Gasteiger charge is 2.27. The third-order valence-electron chi connectivity index (χ3n) is 5.63. The number of thiophene rings is 1. The Labute approximate surface area is 180 Å². The minimum atomic E-state index is -0.119. The molecular weight excluding hydrogens is 396 g/mol. The van der Waals surface area contributed by atoms with Crippen LogP contribution in [0.4, 0.5) is 5.95 Å². The van der Waals surface area contributed by atoms with Crippen LogP contribution in [0.3, 0.4) is 0 Å². The second-order valence-corrected chi connectivity index (χ2v) is 9.34. The van der Waals surface area contributed by atoms with Crippen LogP contribution in [0.2, 0.25) is 0 Å². The molecule has 4 rings (SSSR count). The molecule has 158 valence electrons. The summed E-state index contributed by atoms with van der Waals surface area (Å²) < 4.78 is 0.639. The first-order valence-electron chi connectivity index (χ1n) is 10.5. The second kappa shape index (κ2) is 8.60. The Bertz CT molecular complexity index is 1120. The summed E-state index contributed by atoms with van der Waals surface area (Å²) in [5.74, 6) is 0.986. The number of carbonyl (C=O) groups is 1. The number of nitrogens with one attached hydrogen (secondary N) is 2. The van der Waals surface area contributed by atoms with Gasteiger partial charge in [0.25, 0.3) is 5.56 Å². The van der Waals surface area contributed by atoms with Gasteiger partial charge in [-0.3, -0.25) is 14.6 Å². The van der Waals surface area contributed by atoms with Gasteiger partial charge in [-0.1, -0.05) is 38.1 Å². The molecule has 1 aromatic carbocycles. The predicted octanol–water partition coefficient (Wildman–Crippen LogP) is 3.95. The van der Waals surface area contributed by atoms with Crippen LogP contribution in [-0.4, -0.2) is 35.5 Å². The van der Waals surface area contributed by atoms with Crippen molar-refractivity contribution in [2.24, 2.45) is 11.8 Å². The number of anilines is 1. The molecule has 0 unspecified atom stereocenters. The Kier molecular flexibility index (Phi) is 5.90. The van der Waals surface area contributed by atoms with Gasteiger partial charge in [-0.25, -0.2) is 4.98 Å². The lowest BCUT2D eigenvalue weighted by atomic mass is 9.97. The SMILES string of the molecule is Cc1ccccc1-c1csc2c(=O)[nH]c(N3CCC[C@@H](C(=O)NCC(C)C)C3)nc12. The Hall–Kier alpha value is -2.67. The van der Waals surface area contributed by atoms with Gasteiger partial charge in [0, 0.05) is 30.6 Å². The molecule has 1 atom stereocenters. The zero-order valence-corrected chi connectivity index (χ0v) is 18.5. The molecule has 0 radical (unpaired) electrons. The number of amides is 1. The van der Waals surface area contributed by atoms with Crippen LogP contribution in [0, 0.1) is 18.8 Å². The summed E-state index contributed by atoms with van der Waals surface area (Å²) in [4.78, 5) is 35.2. The van der Waals surface area contributed by atoms with Crippen molar-refractivity contribution in [2.45, 2.75) is 33.6 Å². The molecule has 3 aromatic rings. The molecule has 0 saturated carbocycles. The maximum Gasteiger partial charge on any atom is 0.270 e. The first-order valence-corrected chi connectivity index (χ1v) is 11.4. The lowest BCUT2D eigenvalue weighted by molar-refractivity contribution is -0.125. The number of nitrogens with zero attached hydrogens (tertiary/aromatic N) is 2. The Morgan fingerprint density at radius 2 is 2.13 bits per heavy atom. The standard InChI is InChI=1S/C23H28N4O2S/c1-14(2)11-24-21(28)16-8-6-10-27(12-16)23-25-19-18(13-30-20(19)22(29)26-23)17-9-5-4-7-15(17)3/h4-5,7,9,13-14,16H,6,8,10-12H2,1-3H3,(H,24,28)(H,25,26,29)/t16-/m1/s1. The molecule has 1 amide bonds. The molecule has 1 fully saturated rings. The van der Waals surface area contributed by atoms with E-state index in [9.17, 15) is 9.59 Å². The van der Waals surface area contributed by atoms with E-state index >= 15 is 0 Å². The van der Waals surface area contributed by atoms with Gasteiger partial charge in [-0.05, 0) is 36.8 Å². The normalized spacial score (nSPS) is 16.9. The molecule has 0 bridgehead atoms. The molecule has 1 aliphatic rings. The van der Waals surface area contributed by atoms with Crippen molar-refractivity contribution in [1.29, 1.82) is 0 Å². The molecule has 0 aliphatic carbocycles. The van der Waals surface area contributed by atoms with E-state index in [1.165, 1.54) is 11.3 Å². The van der Waals surface area contributed by atoms with Gasteiger partial charge in [0.2, 0.25) is 11.9 Å². The van der Waals surface area contributed by atoms with Gasteiger partial charge in [-0.2, -0.15) is 0 Å². The van der Waals surface area contributed by atoms with Crippen LogP contribution < -0.4 is 15.8 Å². The Morgan fingerprint density at radius 3 is 2.90 bits per heavy atom. The van der Waals surface area contributed by atoms with E-state index < -0.39 is 0 Å². The fourth-order valence-electron chi connectivity index (χ4n) is 3.96. The van der Waals surface area contributed by atoms with Crippen molar-refractivity contribution in [3.05, 3.63) is 45.6 Å². The molecule has 0 spiro atoms. The van der Waals surface area contributed by atoms with Crippen LogP contribution in [-0.2, 0) is 4.79 Å². The van der Waals surface area contributed by atoms with Gasteiger partial charge in [0.15, 0.2) is 0 Å². The maximum absolute atomic E-state index is 12.8. The van der Waals surface area contributed by atoms with Crippen LogP contribution in [0.25, 0.3) is 21.3 Å². The summed E-state index contributed by atoms with van der Waals surface area (Å²) >= 11 is 1.43. The summed E-state index contributed by atoms with van der Waals surface area (Å²) in [7, 11) is 0. The smallest absolute Gasteiger partial charge is 0.270 e. The van der Waals surface area contributed by atoms with Gasteiger partial charge < -0.3 is 10.2 Å². The molecule has 1 aliphatic heterocycles. The largest absolute Gasteiger partial charge is 0.356 e. The first-order chi connectivity index (χ1) is 14.4. The lowest BCUT2D eigenvalue weighted by Gasteiger charge is -2.32. The highest BCUT2D eigenvalue weighted by molar-refractivity contribution is 7.17. The average molecular weight is 425 g/mol. The van der Waals surface area contributed by atoms with Crippen LogP contribution in [0.1, 0.15) is 32.3 Å². The van der Waals surface area contributed by atoms with E-state index in [1.807, 2.05) is 22.4 Å². The van der Waals surface area contributed by atoms with Crippen molar-refractivity contribution in [3.8, 4) is 11.1 Å². The van der Waals surface area contributed by atoms with Gasteiger partial charge in [0.05, 0.1) is 11.4 Å². The number of H-pyrrole nitrogens is 1. The zero-order chi connectivity index (χ0) is 21.3. The van der Waals surface area contributed by atoms with Crippen molar-refractivity contribution >= 4 is 33.4 Å². The molecule has 6 nitrogen and oxygen atoms in total. The summed E-state index contributed by atoms with van der Waals surface area (Å²) in [5.41, 5.74) is 3.85. The second-order valence-electron chi connectivity index (χ2n) is 8.46. The Morgan fingerprint density at radius 1 is 1.33 bits per heavy atom. The number of hydrogen-bond acceptors (Lipinski definition) is 5. The minimum Gasteiger partial charge on any atom is -0.356 e. The molecule has 2 N–H and O–H groups in total. The van der Waals surface area contributed by atoms with Crippen molar-refractivity contribution in [2.75, 3.05) is 24.5 Å². The topological polar surface area (TPSA) is 78.1 Å². The van der Waals surface area contributed by atoms with E-state index in [2.05, 4.69) is 43.2 Å². The van der Waals surface area contributed by atoms with Crippen molar-refractivity contribution in [1.82, 2.24) is 15.3 Å². The third-order valence-corrected chi connectivity index (χ3v) is 6.59. The summed E-state index contributed by atoms with van der Waals surface area (Å²) in [5, 5.41) is 5.05. The van der Waals surface area contributed by atoms with Crippen LogP contribution in [0.5, 0.6) is 0 Å². The summed E-state index contributed by atoms with van der Waals surface area (Å²) in [6.07, 6.45) is 1.76. The monoisotopic (exact) mass is 424 g/mol. The molecular formula is C23H28N4O2S. The fourth-order valence-corrected chi connectivity index (χ4v) is 4.86. The summed E-state index contributed by atoms with van der Waals surface area (Å²) in [6.45, 7) is 8.28. The third kappa shape index (κ3) is 4.12. The average Bonchev–Trinajstić information content (AvgIpc) is 3.17. The molecule has 30 heavy (non-hydrogen) atoms. The van der Waals surface area contributed by atoms with E-state index in [4.69, 9.17) is 4.98 Å². The summed E-state index contributed by atoms with van der Waals surface area (Å²) in [6, 6.07) is 8.15. The minimum absolute atomic E-state index is 0.0863. The zero-order valence-electron chi connectivity index (χ0n) is 17.7. The van der Waals surface area contributed by atoms with E-state index in [0.717, 1.165) is 41.6 Å². The van der Waals surface area contributed by atoms with Gasteiger partial charge in [-0.15, -0.1) is 11.3 Å². The number of benzene rings is 1. The first kappa shape index (κ1) is 20.6.